The van der Waals surface area contributed by atoms with Crippen molar-refractivity contribution in [1.29, 1.82) is 0 Å². The first-order valence-corrected chi connectivity index (χ1v) is 8.66. The zero-order chi connectivity index (χ0) is 20.5. The van der Waals surface area contributed by atoms with Gasteiger partial charge in [0.1, 0.15) is 5.56 Å². The largest absolute Gasteiger partial charge is 0.465 e. The van der Waals surface area contributed by atoms with Crippen LogP contribution < -0.4 is 5.32 Å². The number of ether oxygens (including phenoxy) is 1. The Kier molecular flexibility index (Phi) is 5.27. The fourth-order valence-corrected chi connectivity index (χ4v) is 3.04. The minimum absolute atomic E-state index is 0.139. The second-order valence-electron chi connectivity index (χ2n) is 6.64. The smallest absolute Gasteiger partial charge is 0.416 e. The van der Waals surface area contributed by atoms with E-state index in [0.717, 1.165) is 6.07 Å². The summed E-state index contributed by atoms with van der Waals surface area (Å²) in [5.74, 6) is -0.994. The number of fused-ring (bicyclic) bond motifs is 1. The lowest BCUT2D eigenvalue weighted by molar-refractivity contribution is -0.138. The van der Waals surface area contributed by atoms with Crippen LogP contribution in [0.25, 0.3) is 10.9 Å². The van der Waals surface area contributed by atoms with E-state index in [1.807, 2.05) is 18.2 Å². The summed E-state index contributed by atoms with van der Waals surface area (Å²) in [5, 5.41) is 3.55. The average molecular weight is 388 g/mol. The van der Waals surface area contributed by atoms with Crippen molar-refractivity contribution in [2.45, 2.75) is 25.9 Å². The van der Waals surface area contributed by atoms with Gasteiger partial charge in [-0.05, 0) is 35.7 Å². The average Bonchev–Trinajstić information content (AvgIpc) is 2.66. The minimum atomic E-state index is -4.50. The molecule has 0 bridgehead atoms. The van der Waals surface area contributed by atoms with Crippen molar-refractivity contribution >= 4 is 28.2 Å². The number of rotatable bonds is 4. The van der Waals surface area contributed by atoms with Crippen LogP contribution in [0.5, 0.6) is 0 Å². The lowest BCUT2D eigenvalue weighted by Crippen LogP contribution is -2.12. The Balaban J connectivity index is 2.32. The number of hydrogen-bond acceptors (Lipinski definition) is 4. The number of benzene rings is 2. The van der Waals surface area contributed by atoms with Crippen molar-refractivity contribution < 1.29 is 22.7 Å². The van der Waals surface area contributed by atoms with Gasteiger partial charge in [0.15, 0.2) is 0 Å². The van der Waals surface area contributed by atoms with Crippen LogP contribution >= 0.6 is 0 Å². The third-order valence-corrected chi connectivity index (χ3v) is 4.42. The summed E-state index contributed by atoms with van der Waals surface area (Å²) < 4.78 is 45.4. The normalized spacial score (nSPS) is 11.7. The number of nitrogens with zero attached hydrogens (tertiary/aromatic N) is 1. The SMILES string of the molecule is COC(=O)c1cnc2cc(C(F)(F)F)c(C(C)C)cc2c1Nc1ccccc1. The number of pyridine rings is 1. The van der Waals surface area contributed by atoms with E-state index in [0.29, 0.717) is 16.8 Å². The van der Waals surface area contributed by atoms with Gasteiger partial charge in [-0.2, -0.15) is 13.2 Å². The van der Waals surface area contributed by atoms with Crippen LogP contribution in [0.15, 0.2) is 48.7 Å². The molecule has 0 aliphatic rings. The van der Waals surface area contributed by atoms with E-state index in [1.165, 1.54) is 19.4 Å². The van der Waals surface area contributed by atoms with Crippen LogP contribution in [0.4, 0.5) is 24.5 Å². The van der Waals surface area contributed by atoms with Gasteiger partial charge in [-0.1, -0.05) is 32.0 Å². The number of carbonyl (C=O) groups is 1. The number of alkyl halides is 3. The van der Waals surface area contributed by atoms with E-state index in [-0.39, 0.29) is 22.6 Å². The summed E-state index contributed by atoms with van der Waals surface area (Å²) in [5.41, 5.74) is 0.750. The lowest BCUT2D eigenvalue weighted by Gasteiger charge is -2.19. The standard InChI is InChI=1S/C21H19F3N2O2/c1-12(2)14-9-15-18(10-17(14)21(22,23)24)25-11-16(20(27)28-3)19(15)26-13-7-5-4-6-8-13/h4-12H,1-3H3,(H,25,26). The number of methoxy groups -OCH3 is 1. The summed E-state index contributed by atoms with van der Waals surface area (Å²) in [6, 6.07) is 11.5. The van der Waals surface area contributed by atoms with E-state index in [2.05, 4.69) is 10.3 Å². The first kappa shape index (κ1) is 19.7. The molecule has 0 saturated carbocycles. The molecule has 1 aromatic heterocycles. The first-order valence-electron chi connectivity index (χ1n) is 8.66. The highest BCUT2D eigenvalue weighted by atomic mass is 19.4. The Morgan fingerprint density at radius 1 is 1.14 bits per heavy atom. The van der Waals surface area contributed by atoms with Crippen molar-refractivity contribution in [2.75, 3.05) is 12.4 Å². The molecule has 1 heterocycles. The molecule has 146 valence electrons. The summed E-state index contributed by atoms with van der Waals surface area (Å²) >= 11 is 0. The number of anilines is 2. The van der Waals surface area contributed by atoms with Crippen molar-refractivity contribution in [2.24, 2.45) is 0 Å². The zero-order valence-electron chi connectivity index (χ0n) is 15.6. The monoisotopic (exact) mass is 388 g/mol. The summed E-state index contributed by atoms with van der Waals surface area (Å²) in [4.78, 5) is 16.3. The highest BCUT2D eigenvalue weighted by molar-refractivity contribution is 6.06. The molecule has 28 heavy (non-hydrogen) atoms. The Morgan fingerprint density at radius 3 is 2.39 bits per heavy atom. The lowest BCUT2D eigenvalue weighted by atomic mass is 9.93. The highest BCUT2D eigenvalue weighted by Crippen LogP contribution is 2.40. The molecule has 3 aromatic rings. The second kappa shape index (κ2) is 7.50. The molecule has 7 heteroatoms. The molecule has 4 nitrogen and oxygen atoms in total. The van der Waals surface area contributed by atoms with Gasteiger partial charge >= 0.3 is 12.1 Å². The van der Waals surface area contributed by atoms with E-state index in [9.17, 15) is 18.0 Å². The maximum atomic E-state index is 13.5. The van der Waals surface area contributed by atoms with Gasteiger partial charge in [0, 0.05) is 17.3 Å². The Bertz CT molecular complexity index is 1020. The third kappa shape index (κ3) is 3.78. The quantitative estimate of drug-likeness (QED) is 0.565. The van der Waals surface area contributed by atoms with E-state index in [1.54, 1.807) is 26.0 Å². The molecular weight excluding hydrogens is 369 g/mol. The molecule has 0 radical (unpaired) electrons. The number of hydrogen-bond donors (Lipinski definition) is 1. The van der Waals surface area contributed by atoms with Crippen LogP contribution in [0.2, 0.25) is 0 Å². The predicted octanol–water partition coefficient (Wildman–Crippen LogP) is 5.91. The molecule has 0 aliphatic carbocycles. The molecule has 0 unspecified atom stereocenters. The van der Waals surface area contributed by atoms with Gasteiger partial charge in [0.25, 0.3) is 0 Å². The third-order valence-electron chi connectivity index (χ3n) is 4.42. The predicted molar refractivity (Wildman–Crippen MR) is 102 cm³/mol. The van der Waals surface area contributed by atoms with Crippen LogP contribution in [-0.4, -0.2) is 18.1 Å². The van der Waals surface area contributed by atoms with Gasteiger partial charge in [-0.25, -0.2) is 4.79 Å². The Labute approximate surface area is 160 Å². The summed E-state index contributed by atoms with van der Waals surface area (Å²) in [7, 11) is 1.24. The topological polar surface area (TPSA) is 51.2 Å². The fourth-order valence-electron chi connectivity index (χ4n) is 3.04. The van der Waals surface area contributed by atoms with E-state index in [4.69, 9.17) is 4.74 Å². The molecule has 0 saturated heterocycles. The number of carbonyl (C=O) groups excluding carboxylic acids is 1. The zero-order valence-corrected chi connectivity index (χ0v) is 15.6. The minimum Gasteiger partial charge on any atom is -0.465 e. The fraction of sp³-hybridized carbons (Fsp3) is 0.238. The van der Waals surface area contributed by atoms with Gasteiger partial charge in [0.2, 0.25) is 0 Å². The molecule has 3 rings (SSSR count). The molecular formula is C21H19F3N2O2. The van der Waals surface area contributed by atoms with Crippen molar-refractivity contribution in [3.8, 4) is 0 Å². The maximum Gasteiger partial charge on any atom is 0.416 e. The maximum absolute atomic E-state index is 13.5. The van der Waals surface area contributed by atoms with E-state index >= 15 is 0 Å². The molecule has 0 aliphatic heterocycles. The number of halogens is 3. The molecule has 0 atom stereocenters. The van der Waals surface area contributed by atoms with Crippen LogP contribution in [0.1, 0.15) is 41.3 Å². The number of para-hydroxylation sites is 1. The Morgan fingerprint density at radius 2 is 1.82 bits per heavy atom. The van der Waals surface area contributed by atoms with Gasteiger partial charge in [-0.3, -0.25) is 4.98 Å². The second-order valence-corrected chi connectivity index (χ2v) is 6.64. The van der Waals surface area contributed by atoms with Gasteiger partial charge in [0.05, 0.1) is 23.9 Å². The number of aromatic nitrogens is 1. The Hall–Kier alpha value is -3.09. The molecule has 0 spiro atoms. The van der Waals surface area contributed by atoms with Crippen LogP contribution in [0.3, 0.4) is 0 Å². The van der Waals surface area contributed by atoms with Crippen molar-refractivity contribution in [1.82, 2.24) is 4.98 Å². The molecule has 0 fully saturated rings. The van der Waals surface area contributed by atoms with Crippen molar-refractivity contribution in [3.05, 3.63) is 65.4 Å². The summed E-state index contributed by atoms with van der Waals surface area (Å²) in [6.45, 7) is 3.39. The first-order chi connectivity index (χ1) is 13.2. The number of esters is 1. The van der Waals surface area contributed by atoms with Gasteiger partial charge < -0.3 is 10.1 Å². The van der Waals surface area contributed by atoms with E-state index < -0.39 is 17.7 Å². The van der Waals surface area contributed by atoms with Gasteiger partial charge in [-0.15, -0.1) is 0 Å². The highest BCUT2D eigenvalue weighted by Gasteiger charge is 2.35. The molecule has 1 N–H and O–H groups in total. The van der Waals surface area contributed by atoms with Crippen LogP contribution in [0, 0.1) is 0 Å². The van der Waals surface area contributed by atoms with Crippen LogP contribution in [-0.2, 0) is 10.9 Å². The van der Waals surface area contributed by atoms with Crippen molar-refractivity contribution in [3.63, 3.8) is 0 Å². The number of nitrogens with one attached hydrogen (secondary N) is 1. The molecule has 2 aromatic carbocycles. The molecule has 0 amide bonds. The summed E-state index contributed by atoms with van der Waals surface area (Å²) in [6.07, 6.45) is -3.27.